The van der Waals surface area contributed by atoms with E-state index in [2.05, 4.69) is 5.32 Å². The summed E-state index contributed by atoms with van der Waals surface area (Å²) in [6.07, 6.45) is 0. The summed E-state index contributed by atoms with van der Waals surface area (Å²) in [5.74, 6) is -0.0666. The molecule has 1 aliphatic rings. The molecule has 1 aliphatic heterocycles. The number of carbonyl (C=O) groups excluding carboxylic acids is 2. The molecule has 0 saturated carbocycles. The van der Waals surface area contributed by atoms with Crippen LogP contribution in [0.25, 0.3) is 5.57 Å². The van der Waals surface area contributed by atoms with Crippen molar-refractivity contribution in [2.75, 3.05) is 17.3 Å². The Morgan fingerprint density at radius 3 is 2.10 bits per heavy atom. The summed E-state index contributed by atoms with van der Waals surface area (Å²) >= 11 is 0. The van der Waals surface area contributed by atoms with E-state index in [0.29, 0.717) is 28.3 Å². The number of nitrogens with zero attached hydrogens (tertiary/aromatic N) is 1. The van der Waals surface area contributed by atoms with Crippen LogP contribution in [-0.4, -0.2) is 18.9 Å². The molecule has 0 saturated heterocycles. The van der Waals surface area contributed by atoms with Gasteiger partial charge in [-0.25, -0.2) is 4.90 Å². The molecule has 31 heavy (non-hydrogen) atoms. The van der Waals surface area contributed by atoms with Crippen LogP contribution in [0.2, 0.25) is 0 Å². The molecule has 0 spiro atoms. The molecule has 1 heterocycles. The molecule has 4 rings (SSSR count). The van der Waals surface area contributed by atoms with Crippen molar-refractivity contribution in [1.82, 2.24) is 0 Å². The number of nitrogens with one attached hydrogen (secondary N) is 1. The number of methoxy groups -OCH3 is 1. The summed E-state index contributed by atoms with van der Waals surface area (Å²) in [5.41, 5.74) is 5.59. The highest BCUT2D eigenvalue weighted by atomic mass is 16.5. The molecule has 5 nitrogen and oxygen atoms in total. The monoisotopic (exact) mass is 412 g/mol. The van der Waals surface area contributed by atoms with Crippen molar-refractivity contribution in [3.63, 3.8) is 0 Å². The number of hydrogen-bond donors (Lipinski definition) is 1. The molecule has 1 N–H and O–H groups in total. The van der Waals surface area contributed by atoms with Gasteiger partial charge in [0, 0.05) is 11.8 Å². The van der Waals surface area contributed by atoms with Crippen LogP contribution in [0.4, 0.5) is 11.4 Å². The first-order chi connectivity index (χ1) is 14.9. The van der Waals surface area contributed by atoms with Crippen molar-refractivity contribution in [1.29, 1.82) is 0 Å². The number of ether oxygens (including phenoxy) is 1. The molecule has 2 amide bonds. The van der Waals surface area contributed by atoms with E-state index in [0.717, 1.165) is 16.7 Å². The first-order valence-corrected chi connectivity index (χ1v) is 10.1. The number of amides is 2. The molecule has 5 heteroatoms. The van der Waals surface area contributed by atoms with Gasteiger partial charge < -0.3 is 10.1 Å². The highest BCUT2D eigenvalue weighted by molar-refractivity contribution is 6.46. The minimum Gasteiger partial charge on any atom is -0.497 e. The van der Waals surface area contributed by atoms with Crippen molar-refractivity contribution < 1.29 is 14.3 Å². The zero-order chi connectivity index (χ0) is 22.1. The van der Waals surface area contributed by atoms with Gasteiger partial charge in [0.15, 0.2) is 0 Å². The molecule has 0 unspecified atom stereocenters. The summed E-state index contributed by atoms with van der Waals surface area (Å²) in [4.78, 5) is 28.3. The van der Waals surface area contributed by atoms with Gasteiger partial charge >= 0.3 is 0 Å². The van der Waals surface area contributed by atoms with Crippen LogP contribution in [0.5, 0.6) is 5.75 Å². The number of carbonyl (C=O) groups is 2. The van der Waals surface area contributed by atoms with Crippen LogP contribution in [-0.2, 0) is 9.59 Å². The standard InChI is InChI=1S/C26H24N2O3/c1-16-8-10-19(11-9-16)23-24(27-20-6-5-7-22(15-20)31-4)26(30)28(25(23)29)21-13-17(2)12-18(3)14-21/h5-15,27H,1-4H3. The third-order valence-corrected chi connectivity index (χ3v) is 5.23. The van der Waals surface area contributed by atoms with Gasteiger partial charge in [-0.15, -0.1) is 0 Å². The van der Waals surface area contributed by atoms with Crippen molar-refractivity contribution in [2.24, 2.45) is 0 Å². The van der Waals surface area contributed by atoms with Crippen LogP contribution in [0.3, 0.4) is 0 Å². The Hall–Kier alpha value is -3.86. The Morgan fingerprint density at radius 2 is 1.45 bits per heavy atom. The molecule has 0 atom stereocenters. The van der Waals surface area contributed by atoms with Crippen molar-refractivity contribution >= 4 is 28.8 Å². The Kier molecular flexibility index (Phi) is 5.34. The number of anilines is 2. The minimum atomic E-state index is -0.381. The maximum atomic E-state index is 13.5. The lowest BCUT2D eigenvalue weighted by molar-refractivity contribution is -0.120. The smallest absolute Gasteiger partial charge is 0.282 e. The maximum absolute atomic E-state index is 13.5. The number of aryl methyl sites for hydroxylation is 3. The van der Waals surface area contributed by atoms with Crippen LogP contribution >= 0.6 is 0 Å². The molecule has 3 aromatic rings. The molecular formula is C26H24N2O3. The number of imide groups is 1. The first-order valence-electron chi connectivity index (χ1n) is 10.1. The predicted octanol–water partition coefficient (Wildman–Crippen LogP) is 5.02. The molecular weight excluding hydrogens is 388 g/mol. The van der Waals surface area contributed by atoms with Crippen molar-refractivity contribution in [3.05, 3.63) is 94.7 Å². The van der Waals surface area contributed by atoms with Gasteiger partial charge in [-0.05, 0) is 61.7 Å². The fourth-order valence-corrected chi connectivity index (χ4v) is 3.79. The zero-order valence-corrected chi connectivity index (χ0v) is 18.0. The molecule has 0 aliphatic carbocycles. The van der Waals surface area contributed by atoms with E-state index in [1.165, 1.54) is 4.90 Å². The van der Waals surface area contributed by atoms with Gasteiger partial charge in [-0.1, -0.05) is 42.0 Å². The van der Waals surface area contributed by atoms with Gasteiger partial charge in [-0.3, -0.25) is 9.59 Å². The van der Waals surface area contributed by atoms with E-state index in [-0.39, 0.29) is 17.5 Å². The van der Waals surface area contributed by atoms with Crippen molar-refractivity contribution in [3.8, 4) is 5.75 Å². The third kappa shape index (κ3) is 3.94. The van der Waals surface area contributed by atoms with Gasteiger partial charge in [0.05, 0.1) is 18.4 Å². The number of rotatable bonds is 5. The highest BCUT2D eigenvalue weighted by Crippen LogP contribution is 2.35. The van der Waals surface area contributed by atoms with Gasteiger partial charge in [0.2, 0.25) is 0 Å². The Bertz CT molecular complexity index is 1190. The second kappa shape index (κ2) is 8.11. The van der Waals surface area contributed by atoms with Crippen molar-refractivity contribution in [2.45, 2.75) is 20.8 Å². The Labute approximate surface area is 182 Å². The predicted molar refractivity (Wildman–Crippen MR) is 123 cm³/mol. The van der Waals surface area contributed by atoms with E-state index >= 15 is 0 Å². The summed E-state index contributed by atoms with van der Waals surface area (Å²) < 4.78 is 5.29. The Morgan fingerprint density at radius 1 is 0.774 bits per heavy atom. The maximum Gasteiger partial charge on any atom is 0.282 e. The van der Waals surface area contributed by atoms with Gasteiger partial charge in [-0.2, -0.15) is 0 Å². The second-order valence-corrected chi connectivity index (χ2v) is 7.76. The Balaban J connectivity index is 1.83. The molecule has 0 radical (unpaired) electrons. The average Bonchev–Trinajstić information content (AvgIpc) is 2.98. The average molecular weight is 412 g/mol. The van der Waals surface area contributed by atoms with Crippen LogP contribution in [0.15, 0.2) is 72.4 Å². The second-order valence-electron chi connectivity index (χ2n) is 7.76. The quantitative estimate of drug-likeness (QED) is 0.598. The largest absolute Gasteiger partial charge is 0.497 e. The lowest BCUT2D eigenvalue weighted by atomic mass is 10.0. The topological polar surface area (TPSA) is 58.6 Å². The summed E-state index contributed by atoms with van der Waals surface area (Å²) in [7, 11) is 1.59. The molecule has 0 fully saturated rings. The van der Waals surface area contributed by atoms with E-state index in [9.17, 15) is 9.59 Å². The number of hydrogen-bond acceptors (Lipinski definition) is 4. The van der Waals surface area contributed by atoms with Gasteiger partial charge in [0.25, 0.3) is 11.8 Å². The lowest BCUT2D eigenvalue weighted by Crippen LogP contribution is -2.32. The summed E-state index contributed by atoms with van der Waals surface area (Å²) in [5, 5.41) is 3.18. The lowest BCUT2D eigenvalue weighted by Gasteiger charge is -2.17. The van der Waals surface area contributed by atoms with Crippen LogP contribution in [0.1, 0.15) is 22.3 Å². The van der Waals surface area contributed by atoms with E-state index in [1.807, 2.05) is 81.4 Å². The SMILES string of the molecule is COc1cccc(NC2=C(c3ccc(C)cc3)C(=O)N(c3cc(C)cc(C)c3)C2=O)c1. The van der Waals surface area contributed by atoms with Gasteiger partial charge in [0.1, 0.15) is 11.4 Å². The van der Waals surface area contributed by atoms with Crippen LogP contribution in [0, 0.1) is 20.8 Å². The van der Waals surface area contributed by atoms with E-state index in [4.69, 9.17) is 4.74 Å². The first kappa shape index (κ1) is 20.4. The highest BCUT2D eigenvalue weighted by Gasteiger charge is 2.40. The minimum absolute atomic E-state index is 0.251. The third-order valence-electron chi connectivity index (χ3n) is 5.23. The summed E-state index contributed by atoms with van der Waals surface area (Å²) in [6, 6.07) is 20.6. The fraction of sp³-hybridized carbons (Fsp3) is 0.154. The van der Waals surface area contributed by atoms with Crippen LogP contribution < -0.4 is 15.0 Å². The zero-order valence-electron chi connectivity index (χ0n) is 18.0. The fourth-order valence-electron chi connectivity index (χ4n) is 3.79. The molecule has 0 bridgehead atoms. The summed E-state index contributed by atoms with van der Waals surface area (Å²) in [6.45, 7) is 5.88. The van der Waals surface area contributed by atoms with E-state index in [1.54, 1.807) is 13.2 Å². The molecule has 3 aromatic carbocycles. The molecule has 156 valence electrons. The normalized spacial score (nSPS) is 13.7. The number of benzene rings is 3. The molecule has 0 aromatic heterocycles. The van der Waals surface area contributed by atoms with E-state index < -0.39 is 0 Å².